The number of nitrogens with two attached hydrogens (primary N) is 1. The maximum atomic E-state index is 9.88. The zero-order valence-electron chi connectivity index (χ0n) is 8.58. The molecule has 0 aliphatic heterocycles. The number of halogens is 2. The highest BCUT2D eigenvalue weighted by Crippen LogP contribution is 2.34. The van der Waals surface area contributed by atoms with Crippen LogP contribution < -0.4 is 5.73 Å². The quantitative estimate of drug-likeness (QED) is 0.493. The summed E-state index contributed by atoms with van der Waals surface area (Å²) < 4.78 is 1.89. The molecule has 1 aliphatic rings. The summed E-state index contributed by atoms with van der Waals surface area (Å²) in [6.45, 7) is 0. The summed E-state index contributed by atoms with van der Waals surface area (Å²) in [5, 5.41) is 19.8. The summed E-state index contributed by atoms with van der Waals surface area (Å²) >= 11 is 6.92. The molecule has 88 valence electrons. The van der Waals surface area contributed by atoms with Crippen LogP contribution in [0.3, 0.4) is 0 Å². The predicted molar refractivity (Wildman–Crippen MR) is 69.0 cm³/mol. The van der Waals surface area contributed by atoms with E-state index in [1.54, 1.807) is 0 Å². The van der Waals surface area contributed by atoms with E-state index in [4.69, 9.17) is 5.73 Å². The highest BCUT2D eigenvalue weighted by atomic mass is 79.9. The first-order chi connectivity index (χ1) is 7.42. The molecule has 0 aromatic heterocycles. The Morgan fingerprint density at radius 3 is 2.38 bits per heavy atom. The lowest BCUT2D eigenvalue weighted by Gasteiger charge is -2.26. The number of hydrogen-bond donors (Lipinski definition) is 3. The summed E-state index contributed by atoms with van der Waals surface area (Å²) in [4.78, 5) is 0. The van der Waals surface area contributed by atoms with E-state index in [9.17, 15) is 10.2 Å². The molecule has 0 amide bonds. The zero-order valence-corrected chi connectivity index (χ0v) is 11.8. The Kier molecular flexibility index (Phi) is 3.43. The van der Waals surface area contributed by atoms with Gasteiger partial charge in [-0.2, -0.15) is 0 Å². The van der Waals surface area contributed by atoms with Crippen LogP contribution in [0.4, 0.5) is 0 Å². The Bertz CT molecular complexity index is 421. The lowest BCUT2D eigenvalue weighted by molar-refractivity contribution is -0.174. The van der Waals surface area contributed by atoms with Gasteiger partial charge >= 0.3 is 0 Å². The molecule has 16 heavy (non-hydrogen) atoms. The average Bonchev–Trinajstić information content (AvgIpc) is 2.32. The third-order valence-electron chi connectivity index (χ3n) is 3.05. The molecule has 0 fully saturated rings. The van der Waals surface area contributed by atoms with Crippen LogP contribution in [0.2, 0.25) is 0 Å². The van der Waals surface area contributed by atoms with E-state index in [0.29, 0.717) is 6.42 Å². The van der Waals surface area contributed by atoms with E-state index in [-0.39, 0.29) is 6.42 Å². The lowest BCUT2D eigenvalue weighted by Crippen LogP contribution is -2.48. The van der Waals surface area contributed by atoms with Crippen LogP contribution in [0.5, 0.6) is 0 Å². The highest BCUT2D eigenvalue weighted by Gasteiger charge is 2.36. The number of rotatable bonds is 0. The molecule has 0 heterocycles. The first-order valence-electron chi connectivity index (χ1n) is 5.08. The van der Waals surface area contributed by atoms with Gasteiger partial charge in [0.1, 0.15) is 0 Å². The van der Waals surface area contributed by atoms with Crippen molar-refractivity contribution in [3.8, 4) is 0 Å². The van der Waals surface area contributed by atoms with Crippen molar-refractivity contribution in [1.82, 2.24) is 0 Å². The van der Waals surface area contributed by atoms with Crippen molar-refractivity contribution < 1.29 is 10.2 Å². The summed E-state index contributed by atoms with van der Waals surface area (Å²) in [7, 11) is 0. The molecule has 1 atom stereocenters. The minimum atomic E-state index is -1.82. The molecular formula is C11H13Br2NO2. The Morgan fingerprint density at radius 2 is 1.75 bits per heavy atom. The monoisotopic (exact) mass is 349 g/mol. The number of benzene rings is 1. The van der Waals surface area contributed by atoms with Crippen LogP contribution in [0.25, 0.3) is 0 Å². The van der Waals surface area contributed by atoms with E-state index >= 15 is 0 Å². The molecule has 5 heteroatoms. The Hall–Kier alpha value is 0.0600. The molecule has 1 aliphatic carbocycles. The van der Waals surface area contributed by atoms with Crippen molar-refractivity contribution in [2.24, 2.45) is 5.73 Å². The molecule has 0 radical (unpaired) electrons. The third-order valence-corrected chi connectivity index (χ3v) is 4.54. The van der Waals surface area contributed by atoms with Gasteiger partial charge in [-0.15, -0.1) is 0 Å². The second-order valence-corrected chi connectivity index (χ2v) is 5.90. The Labute approximate surface area is 111 Å². The number of aliphatic hydroxyl groups is 2. The van der Waals surface area contributed by atoms with Gasteiger partial charge in [0.25, 0.3) is 0 Å². The molecule has 1 aromatic rings. The van der Waals surface area contributed by atoms with Crippen molar-refractivity contribution in [3.05, 3.63) is 32.2 Å². The number of fused-ring (bicyclic) bond motifs is 1. The van der Waals surface area contributed by atoms with Gasteiger partial charge in [-0.05, 0) is 36.1 Å². The van der Waals surface area contributed by atoms with Crippen molar-refractivity contribution in [1.29, 1.82) is 0 Å². The minimum Gasteiger partial charge on any atom is -0.364 e. The van der Waals surface area contributed by atoms with Crippen molar-refractivity contribution in [2.45, 2.75) is 31.1 Å². The first kappa shape index (κ1) is 12.5. The topological polar surface area (TPSA) is 66.5 Å². The summed E-state index contributed by atoms with van der Waals surface area (Å²) in [6, 6.07) is 3.24. The van der Waals surface area contributed by atoms with Gasteiger partial charge in [0.15, 0.2) is 5.79 Å². The highest BCUT2D eigenvalue weighted by molar-refractivity contribution is 9.11. The molecule has 0 unspecified atom stereocenters. The van der Waals surface area contributed by atoms with Crippen molar-refractivity contribution in [3.63, 3.8) is 0 Å². The van der Waals surface area contributed by atoms with Gasteiger partial charge in [-0.1, -0.05) is 31.9 Å². The fourth-order valence-electron chi connectivity index (χ4n) is 2.02. The van der Waals surface area contributed by atoms with E-state index in [1.165, 1.54) is 0 Å². The molecule has 0 bridgehead atoms. The maximum absolute atomic E-state index is 9.88. The fourth-order valence-corrected chi connectivity index (χ4v) is 3.10. The molecular weight excluding hydrogens is 338 g/mol. The first-order valence-corrected chi connectivity index (χ1v) is 6.66. The van der Waals surface area contributed by atoms with Crippen LogP contribution >= 0.6 is 31.9 Å². The van der Waals surface area contributed by atoms with Gasteiger partial charge in [0.05, 0.1) is 6.04 Å². The van der Waals surface area contributed by atoms with Gasteiger partial charge in [0.2, 0.25) is 0 Å². The van der Waals surface area contributed by atoms with Gasteiger partial charge < -0.3 is 15.9 Å². The van der Waals surface area contributed by atoms with Crippen LogP contribution in [-0.4, -0.2) is 22.0 Å². The van der Waals surface area contributed by atoms with Gasteiger partial charge in [-0.25, -0.2) is 0 Å². The lowest BCUT2D eigenvalue weighted by atomic mass is 10.00. The van der Waals surface area contributed by atoms with Crippen LogP contribution in [0.1, 0.15) is 17.5 Å². The van der Waals surface area contributed by atoms with E-state index in [2.05, 4.69) is 31.9 Å². The van der Waals surface area contributed by atoms with Gasteiger partial charge in [-0.3, -0.25) is 0 Å². The SMILES string of the molecule is N[C@H]1CCc2c(Br)ccc(Br)c2CC1(O)O. The molecule has 2 rings (SSSR count). The molecule has 0 saturated heterocycles. The van der Waals surface area contributed by atoms with Gasteiger partial charge in [0, 0.05) is 15.4 Å². The van der Waals surface area contributed by atoms with Crippen LogP contribution in [-0.2, 0) is 12.8 Å². The van der Waals surface area contributed by atoms with Crippen LogP contribution in [0.15, 0.2) is 21.1 Å². The summed E-state index contributed by atoms with van der Waals surface area (Å²) in [6.07, 6.45) is 1.47. The van der Waals surface area contributed by atoms with Crippen LogP contribution in [0, 0.1) is 0 Å². The van der Waals surface area contributed by atoms with E-state index in [1.807, 2.05) is 12.1 Å². The summed E-state index contributed by atoms with van der Waals surface area (Å²) in [5.74, 6) is -1.82. The standard InChI is InChI=1S/C11H13Br2NO2/c12-8-2-3-9(13)7-5-11(15,16)10(14)4-1-6(7)8/h2-3,10,15-16H,1,4-5,14H2/t10-/m0/s1. The molecule has 4 N–H and O–H groups in total. The normalized spacial score (nSPS) is 23.7. The minimum absolute atomic E-state index is 0.156. The fraction of sp³-hybridized carbons (Fsp3) is 0.455. The molecule has 0 saturated carbocycles. The summed E-state index contributed by atoms with van der Waals surface area (Å²) in [5.41, 5.74) is 7.79. The Balaban J connectivity index is 2.52. The third kappa shape index (κ3) is 2.19. The molecule has 1 aromatic carbocycles. The smallest absolute Gasteiger partial charge is 0.182 e. The zero-order chi connectivity index (χ0) is 11.9. The van der Waals surface area contributed by atoms with Crippen molar-refractivity contribution >= 4 is 31.9 Å². The van der Waals surface area contributed by atoms with Crippen molar-refractivity contribution in [2.75, 3.05) is 0 Å². The van der Waals surface area contributed by atoms with E-state index in [0.717, 1.165) is 26.5 Å². The largest absolute Gasteiger partial charge is 0.364 e. The molecule has 0 spiro atoms. The maximum Gasteiger partial charge on any atom is 0.182 e. The Morgan fingerprint density at radius 1 is 1.19 bits per heavy atom. The number of hydrogen-bond acceptors (Lipinski definition) is 3. The van der Waals surface area contributed by atoms with E-state index < -0.39 is 11.8 Å². The predicted octanol–water partition coefficient (Wildman–Crippen LogP) is 1.71. The second-order valence-electron chi connectivity index (χ2n) is 4.19. The second kappa shape index (κ2) is 4.38. The average molecular weight is 351 g/mol. The molecule has 3 nitrogen and oxygen atoms in total.